The Bertz CT molecular complexity index is 1010. The summed E-state index contributed by atoms with van der Waals surface area (Å²) in [5.74, 6) is -0.349. The van der Waals surface area contributed by atoms with Crippen molar-refractivity contribution in [1.82, 2.24) is 10.3 Å². The third-order valence-corrected chi connectivity index (χ3v) is 9.70. The number of rotatable bonds is 7. The zero-order valence-corrected chi connectivity index (χ0v) is 21.0. The maximum atomic E-state index is 12.8. The molecule has 0 aromatic carbocycles. The maximum Gasteiger partial charge on any atom is 0.267 e. The van der Waals surface area contributed by atoms with E-state index in [9.17, 15) is 19.8 Å². The zero-order valence-electron chi connectivity index (χ0n) is 19.4. The number of amides is 2. The molecule has 0 radical (unpaired) electrons. The molecule has 1 fully saturated rings. The number of hydrogen-bond donors (Lipinski definition) is 4. The number of aliphatic hydroxyl groups is 2. The highest BCUT2D eigenvalue weighted by atomic mass is 32.1. The molecule has 2 heterocycles. The van der Waals surface area contributed by atoms with Gasteiger partial charge in [-0.1, -0.05) is 26.8 Å². The standard InChI is InChI=1S/C24H33N3O4S2/c1-4-9-25-19(30)11-14-20-16(33-22(26-20)27-21(31)15-6-5-10-32-15)12-17-23(14,2)8-7-18(29)24(17,3)13-28/h5-6,10,14,17-18,28-29H,4,7-9,11-13H2,1-3H3,(H,25,30)(H,26,27,31)/t14-,17+,18-,23+,24+/m1/s1. The summed E-state index contributed by atoms with van der Waals surface area (Å²) in [5.41, 5.74) is -0.0765. The third-order valence-electron chi connectivity index (χ3n) is 7.82. The molecule has 4 N–H and O–H groups in total. The highest BCUT2D eigenvalue weighted by molar-refractivity contribution is 7.16. The topological polar surface area (TPSA) is 112 Å². The summed E-state index contributed by atoms with van der Waals surface area (Å²) in [5, 5.41) is 29.5. The summed E-state index contributed by atoms with van der Waals surface area (Å²) >= 11 is 2.82. The SMILES string of the molecule is CCCNC(=O)C[C@@H]1c2nc(NC(=O)c3cccs3)sc2C[C@@H]2[C@](C)(CO)[C@H](O)CC[C@]21C. The summed E-state index contributed by atoms with van der Waals surface area (Å²) in [7, 11) is 0. The van der Waals surface area contributed by atoms with Crippen molar-refractivity contribution in [3.8, 4) is 0 Å². The molecule has 2 aromatic heterocycles. The summed E-state index contributed by atoms with van der Waals surface area (Å²) in [6.45, 7) is 6.68. The summed E-state index contributed by atoms with van der Waals surface area (Å²) in [6, 6.07) is 3.61. The Kier molecular flexibility index (Phi) is 6.96. The van der Waals surface area contributed by atoms with E-state index in [-0.39, 0.29) is 35.7 Å². The number of thiophene rings is 1. The molecule has 2 aromatic rings. The third kappa shape index (κ3) is 4.36. The van der Waals surface area contributed by atoms with Gasteiger partial charge in [-0.3, -0.25) is 14.9 Å². The van der Waals surface area contributed by atoms with Gasteiger partial charge in [0.05, 0.1) is 23.3 Å². The molecule has 0 unspecified atom stereocenters. The number of nitrogens with one attached hydrogen (secondary N) is 2. The Labute approximate surface area is 202 Å². The first-order chi connectivity index (χ1) is 15.7. The first kappa shape index (κ1) is 24.3. The largest absolute Gasteiger partial charge is 0.396 e. The molecule has 2 aliphatic carbocycles. The van der Waals surface area contributed by atoms with Crippen molar-refractivity contribution in [1.29, 1.82) is 0 Å². The first-order valence-corrected chi connectivity index (χ1v) is 13.3. The van der Waals surface area contributed by atoms with Crippen molar-refractivity contribution >= 4 is 39.6 Å². The van der Waals surface area contributed by atoms with E-state index in [1.165, 1.54) is 22.7 Å². The molecular weight excluding hydrogens is 458 g/mol. The van der Waals surface area contributed by atoms with E-state index in [0.29, 0.717) is 35.8 Å². The van der Waals surface area contributed by atoms with Gasteiger partial charge in [-0.05, 0) is 48.5 Å². The molecule has 0 spiro atoms. The number of anilines is 1. The number of carbonyl (C=O) groups excluding carboxylic acids is 2. The molecule has 7 nitrogen and oxygen atoms in total. The van der Waals surface area contributed by atoms with Crippen molar-refractivity contribution in [3.63, 3.8) is 0 Å². The van der Waals surface area contributed by atoms with Crippen LogP contribution in [0.15, 0.2) is 17.5 Å². The summed E-state index contributed by atoms with van der Waals surface area (Å²) in [6.07, 6.45) is 2.58. The second kappa shape index (κ2) is 9.44. The van der Waals surface area contributed by atoms with Gasteiger partial charge in [0, 0.05) is 29.2 Å². The lowest BCUT2D eigenvalue weighted by Gasteiger charge is -2.58. The van der Waals surface area contributed by atoms with Crippen LogP contribution < -0.4 is 10.6 Å². The minimum Gasteiger partial charge on any atom is -0.396 e. The Morgan fingerprint density at radius 2 is 2.12 bits per heavy atom. The van der Waals surface area contributed by atoms with Crippen molar-refractivity contribution in [2.24, 2.45) is 16.7 Å². The van der Waals surface area contributed by atoms with Crippen LogP contribution in [0.2, 0.25) is 0 Å². The molecule has 5 atom stereocenters. The fourth-order valence-corrected chi connectivity index (χ4v) is 7.47. The smallest absolute Gasteiger partial charge is 0.267 e. The average Bonchev–Trinajstić information content (AvgIpc) is 3.46. The second-order valence-electron chi connectivity index (χ2n) is 9.85. The van der Waals surface area contributed by atoms with Gasteiger partial charge in [0.1, 0.15) is 0 Å². The lowest BCUT2D eigenvalue weighted by atomic mass is 9.47. The number of nitrogens with zero attached hydrogens (tertiary/aromatic N) is 1. The van der Waals surface area contributed by atoms with Gasteiger partial charge in [-0.15, -0.1) is 22.7 Å². The van der Waals surface area contributed by atoms with Crippen LogP contribution in [-0.2, 0) is 11.2 Å². The Hall–Kier alpha value is -1.81. The number of carbonyl (C=O) groups is 2. The molecule has 2 aliphatic rings. The van der Waals surface area contributed by atoms with E-state index in [2.05, 4.69) is 17.6 Å². The predicted octanol–water partition coefficient (Wildman–Crippen LogP) is 3.79. The molecule has 0 saturated heterocycles. The molecule has 9 heteroatoms. The molecule has 1 saturated carbocycles. The quantitative estimate of drug-likeness (QED) is 0.471. The molecule has 0 bridgehead atoms. The van der Waals surface area contributed by atoms with Gasteiger partial charge >= 0.3 is 0 Å². The lowest BCUT2D eigenvalue weighted by Crippen LogP contribution is -2.57. The second-order valence-corrected chi connectivity index (χ2v) is 11.9. The fraction of sp³-hybridized carbons (Fsp3) is 0.625. The predicted molar refractivity (Wildman–Crippen MR) is 131 cm³/mol. The maximum absolute atomic E-state index is 12.8. The number of aliphatic hydroxyl groups excluding tert-OH is 2. The van der Waals surface area contributed by atoms with Crippen LogP contribution in [0.4, 0.5) is 5.13 Å². The number of thiazole rings is 1. The van der Waals surface area contributed by atoms with Crippen molar-refractivity contribution in [2.45, 2.75) is 64.9 Å². The van der Waals surface area contributed by atoms with Crippen molar-refractivity contribution in [3.05, 3.63) is 33.0 Å². The van der Waals surface area contributed by atoms with Crippen molar-refractivity contribution < 1.29 is 19.8 Å². The fourth-order valence-electron chi connectivity index (χ4n) is 5.79. The van der Waals surface area contributed by atoms with Crippen LogP contribution in [0.5, 0.6) is 0 Å². The molecule has 2 amide bonds. The van der Waals surface area contributed by atoms with Gasteiger partial charge in [-0.25, -0.2) is 4.98 Å². The average molecular weight is 492 g/mol. The van der Waals surface area contributed by atoms with E-state index < -0.39 is 11.5 Å². The van der Waals surface area contributed by atoms with Crippen molar-refractivity contribution in [2.75, 3.05) is 18.5 Å². The van der Waals surface area contributed by atoms with Crippen LogP contribution in [-0.4, -0.2) is 46.3 Å². The molecule has 4 rings (SSSR count). The normalized spacial score (nSPS) is 30.9. The highest BCUT2D eigenvalue weighted by Gasteiger charge is 2.59. The van der Waals surface area contributed by atoms with Crippen LogP contribution in [0.3, 0.4) is 0 Å². The van der Waals surface area contributed by atoms with E-state index >= 15 is 0 Å². The van der Waals surface area contributed by atoms with E-state index in [4.69, 9.17) is 4.98 Å². The Morgan fingerprint density at radius 1 is 1.33 bits per heavy atom. The van der Waals surface area contributed by atoms with Crippen LogP contribution in [0.25, 0.3) is 0 Å². The van der Waals surface area contributed by atoms with E-state index in [1.807, 2.05) is 25.3 Å². The van der Waals surface area contributed by atoms with Crippen LogP contribution >= 0.6 is 22.7 Å². The molecular formula is C24H33N3O4S2. The Morgan fingerprint density at radius 3 is 2.79 bits per heavy atom. The summed E-state index contributed by atoms with van der Waals surface area (Å²) in [4.78, 5) is 31.9. The number of fused-ring (bicyclic) bond motifs is 2. The zero-order chi connectivity index (χ0) is 23.8. The minimum absolute atomic E-state index is 0.00322. The van der Waals surface area contributed by atoms with Gasteiger partial charge in [0.15, 0.2) is 5.13 Å². The number of aromatic nitrogens is 1. The summed E-state index contributed by atoms with van der Waals surface area (Å²) < 4.78 is 0. The minimum atomic E-state index is -0.660. The van der Waals surface area contributed by atoms with Gasteiger partial charge in [0.25, 0.3) is 5.91 Å². The first-order valence-electron chi connectivity index (χ1n) is 11.6. The highest BCUT2D eigenvalue weighted by Crippen LogP contribution is 2.62. The van der Waals surface area contributed by atoms with Crippen LogP contribution in [0.1, 0.15) is 72.6 Å². The van der Waals surface area contributed by atoms with Gasteiger partial charge in [-0.2, -0.15) is 0 Å². The van der Waals surface area contributed by atoms with Gasteiger partial charge in [0.2, 0.25) is 5.91 Å². The monoisotopic (exact) mass is 491 g/mol. The Balaban J connectivity index is 1.71. The molecule has 180 valence electrons. The lowest BCUT2D eigenvalue weighted by molar-refractivity contribution is -0.144. The number of hydrogen-bond acceptors (Lipinski definition) is 7. The van der Waals surface area contributed by atoms with Crippen LogP contribution in [0, 0.1) is 16.7 Å². The molecule has 0 aliphatic heterocycles. The van der Waals surface area contributed by atoms with E-state index in [0.717, 1.165) is 23.4 Å². The molecule has 33 heavy (non-hydrogen) atoms. The van der Waals surface area contributed by atoms with E-state index in [1.54, 1.807) is 6.07 Å². The van der Waals surface area contributed by atoms with Gasteiger partial charge < -0.3 is 15.5 Å².